The van der Waals surface area contributed by atoms with E-state index in [4.69, 9.17) is 0 Å². The van der Waals surface area contributed by atoms with Crippen LogP contribution in [0.5, 0.6) is 0 Å². The van der Waals surface area contributed by atoms with Gasteiger partial charge in [-0.25, -0.2) is 12.8 Å². The molecule has 2 aromatic carbocycles. The molecule has 5 nitrogen and oxygen atoms in total. The van der Waals surface area contributed by atoms with Crippen LogP contribution in [0.1, 0.15) is 49.4 Å². The quantitative estimate of drug-likeness (QED) is 0.777. The zero-order chi connectivity index (χ0) is 21.2. The molecule has 0 saturated heterocycles. The maximum atomic E-state index is 14.2. The summed E-state index contributed by atoms with van der Waals surface area (Å²) in [6.45, 7) is 3.32. The van der Waals surface area contributed by atoms with Crippen molar-refractivity contribution in [3.05, 3.63) is 65.0 Å². The summed E-state index contributed by atoms with van der Waals surface area (Å²) in [5.41, 5.74) is 3.50. The highest BCUT2D eigenvalue weighted by Gasteiger charge is 2.31. The first-order valence-corrected chi connectivity index (χ1v) is 11.7. The number of hydrogen-bond donors (Lipinski definition) is 1. The molecule has 0 saturated carbocycles. The number of hydrogen-bond acceptors (Lipinski definition) is 3. The van der Waals surface area contributed by atoms with Crippen LogP contribution in [0.4, 0.5) is 10.1 Å². The van der Waals surface area contributed by atoms with E-state index in [1.807, 2.05) is 13.0 Å². The zero-order valence-electron chi connectivity index (χ0n) is 17.0. The topological polar surface area (TPSA) is 66.5 Å². The molecule has 29 heavy (non-hydrogen) atoms. The Morgan fingerprint density at radius 2 is 1.72 bits per heavy atom. The largest absolute Gasteiger partial charge is 0.348 e. The van der Waals surface area contributed by atoms with Gasteiger partial charge in [0.05, 0.1) is 18.0 Å². The van der Waals surface area contributed by atoms with Crippen molar-refractivity contribution in [2.24, 2.45) is 0 Å². The lowest BCUT2D eigenvalue weighted by atomic mass is 9.89. The number of anilines is 1. The molecule has 3 rings (SSSR count). The Morgan fingerprint density at radius 3 is 2.38 bits per heavy atom. The number of nitrogens with zero attached hydrogens (tertiary/aromatic N) is 1. The van der Waals surface area contributed by atoms with Crippen molar-refractivity contribution in [3.8, 4) is 0 Å². The maximum Gasteiger partial charge on any atom is 0.244 e. The minimum Gasteiger partial charge on any atom is -0.348 e. The van der Waals surface area contributed by atoms with Gasteiger partial charge in [0.1, 0.15) is 11.9 Å². The van der Waals surface area contributed by atoms with Gasteiger partial charge in [0, 0.05) is 0 Å². The lowest BCUT2D eigenvalue weighted by Gasteiger charge is -2.29. The number of para-hydroxylation sites is 1. The molecule has 2 aromatic rings. The highest BCUT2D eigenvalue weighted by molar-refractivity contribution is 7.92. The molecule has 0 aliphatic heterocycles. The first-order chi connectivity index (χ1) is 13.7. The predicted molar refractivity (Wildman–Crippen MR) is 113 cm³/mol. The van der Waals surface area contributed by atoms with E-state index in [-0.39, 0.29) is 11.7 Å². The fourth-order valence-electron chi connectivity index (χ4n) is 3.85. The fourth-order valence-corrected chi connectivity index (χ4v) is 5.03. The molecular weight excluding hydrogens is 391 g/mol. The number of carbonyl (C=O) groups is 1. The Morgan fingerprint density at radius 1 is 1.07 bits per heavy atom. The molecule has 0 unspecified atom stereocenters. The minimum atomic E-state index is -3.86. The second-order valence-electron chi connectivity index (χ2n) is 7.65. The number of sulfonamides is 1. The van der Waals surface area contributed by atoms with E-state index >= 15 is 0 Å². The summed E-state index contributed by atoms with van der Waals surface area (Å²) in [6.07, 6.45) is 5.46. The number of benzene rings is 2. The molecule has 2 atom stereocenters. The second-order valence-corrected chi connectivity index (χ2v) is 9.51. The Labute approximate surface area is 172 Å². The smallest absolute Gasteiger partial charge is 0.244 e. The number of rotatable bonds is 6. The molecule has 1 aliphatic carbocycles. The van der Waals surface area contributed by atoms with Gasteiger partial charge in [-0.1, -0.05) is 30.3 Å². The third-order valence-corrected chi connectivity index (χ3v) is 6.64. The number of amides is 1. The number of carbonyl (C=O) groups excluding carboxylic acids is 1. The van der Waals surface area contributed by atoms with E-state index in [0.29, 0.717) is 0 Å². The zero-order valence-corrected chi connectivity index (χ0v) is 17.8. The van der Waals surface area contributed by atoms with Crippen molar-refractivity contribution in [1.82, 2.24) is 5.32 Å². The van der Waals surface area contributed by atoms with Gasteiger partial charge in [-0.3, -0.25) is 9.10 Å². The standard InChI is InChI=1S/C22H27FN2O3S/c1-15(18-13-12-17-8-4-5-9-19(17)14-18)24-22(26)16(2)25(29(3,27)28)21-11-7-6-10-20(21)23/h6-7,10-16H,4-5,8-9H2,1-3H3,(H,24,26)/t15-,16+/m1/s1. The van der Waals surface area contributed by atoms with Crippen molar-refractivity contribution in [2.75, 3.05) is 10.6 Å². The van der Waals surface area contributed by atoms with Gasteiger partial charge >= 0.3 is 0 Å². The van der Waals surface area contributed by atoms with Crippen LogP contribution in [0.3, 0.4) is 0 Å². The van der Waals surface area contributed by atoms with Crippen LogP contribution in [0, 0.1) is 5.82 Å². The third kappa shape index (κ3) is 4.78. The summed E-state index contributed by atoms with van der Waals surface area (Å²) < 4.78 is 39.7. The van der Waals surface area contributed by atoms with Crippen LogP contribution >= 0.6 is 0 Å². The summed E-state index contributed by atoms with van der Waals surface area (Å²) in [5.74, 6) is -1.18. The summed E-state index contributed by atoms with van der Waals surface area (Å²) in [7, 11) is -3.86. The number of halogens is 1. The lowest BCUT2D eigenvalue weighted by Crippen LogP contribution is -2.48. The predicted octanol–water partition coefficient (Wildman–Crippen LogP) is 3.74. The van der Waals surface area contributed by atoms with Crippen molar-refractivity contribution >= 4 is 21.6 Å². The Hall–Kier alpha value is -2.41. The van der Waals surface area contributed by atoms with Gasteiger partial charge in [-0.2, -0.15) is 0 Å². The average molecular weight is 419 g/mol. The SMILES string of the molecule is C[C@@H](NC(=O)[C@H](C)N(c1ccccc1F)S(C)(=O)=O)c1ccc2c(c1)CCCC2. The molecule has 156 valence electrons. The molecular formula is C22H27FN2O3S. The molecule has 0 fully saturated rings. The van der Waals surface area contributed by atoms with Crippen LogP contribution in [0.2, 0.25) is 0 Å². The van der Waals surface area contributed by atoms with Crippen LogP contribution in [0.15, 0.2) is 42.5 Å². The maximum absolute atomic E-state index is 14.2. The highest BCUT2D eigenvalue weighted by Crippen LogP contribution is 2.26. The Kier molecular flexibility index (Phi) is 6.27. The van der Waals surface area contributed by atoms with Gasteiger partial charge in [0.2, 0.25) is 15.9 Å². The van der Waals surface area contributed by atoms with Crippen molar-refractivity contribution < 1.29 is 17.6 Å². The van der Waals surface area contributed by atoms with E-state index in [1.165, 1.54) is 55.2 Å². The molecule has 0 radical (unpaired) electrons. The van der Waals surface area contributed by atoms with Crippen molar-refractivity contribution in [2.45, 2.75) is 51.6 Å². The second kappa shape index (κ2) is 8.53. The lowest BCUT2D eigenvalue weighted by molar-refractivity contribution is -0.122. The van der Waals surface area contributed by atoms with Gasteiger partial charge in [0.15, 0.2) is 0 Å². The molecule has 1 N–H and O–H groups in total. The monoisotopic (exact) mass is 418 g/mol. The number of aryl methyl sites for hydroxylation is 2. The fraction of sp³-hybridized carbons (Fsp3) is 0.409. The Bertz CT molecular complexity index is 1010. The van der Waals surface area contributed by atoms with E-state index < -0.39 is 27.8 Å². The van der Waals surface area contributed by atoms with Crippen LogP contribution in [0.25, 0.3) is 0 Å². The van der Waals surface area contributed by atoms with Crippen molar-refractivity contribution in [3.63, 3.8) is 0 Å². The van der Waals surface area contributed by atoms with Crippen molar-refractivity contribution in [1.29, 1.82) is 0 Å². The van der Waals surface area contributed by atoms with Crippen LogP contribution in [-0.4, -0.2) is 26.6 Å². The third-order valence-electron chi connectivity index (χ3n) is 5.41. The van der Waals surface area contributed by atoms with Gasteiger partial charge < -0.3 is 5.32 Å². The molecule has 7 heteroatoms. The number of fused-ring (bicyclic) bond motifs is 1. The summed E-state index contributed by atoms with van der Waals surface area (Å²) in [5, 5.41) is 2.88. The summed E-state index contributed by atoms with van der Waals surface area (Å²) in [6, 6.07) is 10.4. The molecule has 0 heterocycles. The molecule has 1 amide bonds. The number of nitrogens with one attached hydrogen (secondary N) is 1. The Balaban J connectivity index is 1.80. The average Bonchev–Trinajstić information content (AvgIpc) is 2.68. The molecule has 1 aliphatic rings. The molecule has 0 spiro atoms. The summed E-state index contributed by atoms with van der Waals surface area (Å²) in [4.78, 5) is 12.8. The minimum absolute atomic E-state index is 0.140. The van der Waals surface area contributed by atoms with E-state index in [0.717, 1.165) is 29.0 Å². The van der Waals surface area contributed by atoms with Crippen LogP contribution < -0.4 is 9.62 Å². The van der Waals surface area contributed by atoms with E-state index in [1.54, 1.807) is 0 Å². The van der Waals surface area contributed by atoms with Gasteiger partial charge in [0.25, 0.3) is 0 Å². The normalized spacial score (nSPS) is 15.9. The van der Waals surface area contributed by atoms with E-state index in [9.17, 15) is 17.6 Å². The first-order valence-electron chi connectivity index (χ1n) is 9.84. The van der Waals surface area contributed by atoms with Gasteiger partial charge in [-0.05, 0) is 68.4 Å². The van der Waals surface area contributed by atoms with Gasteiger partial charge in [-0.15, -0.1) is 0 Å². The molecule has 0 bridgehead atoms. The highest BCUT2D eigenvalue weighted by atomic mass is 32.2. The first kappa shape index (κ1) is 21.3. The van der Waals surface area contributed by atoms with E-state index in [2.05, 4.69) is 17.4 Å². The van der Waals surface area contributed by atoms with Crippen LogP contribution in [-0.2, 0) is 27.7 Å². The molecule has 0 aromatic heterocycles. The summed E-state index contributed by atoms with van der Waals surface area (Å²) >= 11 is 0.